The van der Waals surface area contributed by atoms with Crippen LogP contribution in [0.4, 0.5) is 4.39 Å². The molecule has 0 bridgehead atoms. The molecular weight excluding hydrogens is 347 g/mol. The monoisotopic (exact) mass is 371 g/mol. The minimum absolute atomic E-state index is 0.00815. The quantitative estimate of drug-likeness (QED) is 0.855. The summed E-state index contributed by atoms with van der Waals surface area (Å²) in [5, 5.41) is 0. The van der Waals surface area contributed by atoms with E-state index < -0.39 is 0 Å². The van der Waals surface area contributed by atoms with E-state index in [-0.39, 0.29) is 18.3 Å². The summed E-state index contributed by atoms with van der Waals surface area (Å²) in [7, 11) is 0. The lowest BCUT2D eigenvalue weighted by Crippen LogP contribution is -3.13. The molecule has 4 rings (SSSR count). The number of halogens is 1. The molecule has 1 amide bonds. The van der Waals surface area contributed by atoms with Gasteiger partial charge in [-0.1, -0.05) is 0 Å². The summed E-state index contributed by atoms with van der Waals surface area (Å²) in [6.45, 7) is 5.06. The number of hydrogen-bond acceptors (Lipinski definition) is 3. The number of carbonyl (C=O) groups excluding carboxylic acids is 1. The first-order valence-electron chi connectivity index (χ1n) is 9.42. The van der Waals surface area contributed by atoms with Gasteiger partial charge in [-0.25, -0.2) is 4.39 Å². The Balaban J connectivity index is 1.23. The molecule has 0 aromatic heterocycles. The average molecular weight is 371 g/mol. The molecule has 2 heterocycles. The van der Waals surface area contributed by atoms with Crippen molar-refractivity contribution in [1.29, 1.82) is 0 Å². The number of quaternary nitrogens is 1. The molecule has 1 saturated heterocycles. The standard InChI is InChI=1S/C21H23FN2O3/c22-18-2-4-19(5-3-18)27-15-21(25)24-10-8-23(9-11-24)14-16-1-6-20-17(13-16)7-12-26-20/h1-6,13H,7-12,14-15H2/p+1. The third kappa shape index (κ3) is 4.39. The molecule has 0 radical (unpaired) electrons. The van der Waals surface area contributed by atoms with Gasteiger partial charge in [-0.05, 0) is 48.0 Å². The van der Waals surface area contributed by atoms with Gasteiger partial charge in [0, 0.05) is 12.0 Å². The van der Waals surface area contributed by atoms with Crippen LogP contribution in [0.2, 0.25) is 0 Å². The summed E-state index contributed by atoms with van der Waals surface area (Å²) in [4.78, 5) is 15.7. The van der Waals surface area contributed by atoms with Gasteiger partial charge in [0.25, 0.3) is 5.91 Å². The molecular formula is C21H24FN2O3+. The van der Waals surface area contributed by atoms with Crippen molar-refractivity contribution in [1.82, 2.24) is 4.90 Å². The second-order valence-electron chi connectivity index (χ2n) is 7.09. The molecule has 2 aromatic rings. The molecule has 5 nitrogen and oxygen atoms in total. The Labute approximate surface area is 158 Å². The zero-order valence-electron chi connectivity index (χ0n) is 15.2. The summed E-state index contributed by atoms with van der Waals surface area (Å²) in [5.41, 5.74) is 2.63. The van der Waals surface area contributed by atoms with Gasteiger partial charge in [-0.2, -0.15) is 0 Å². The Bertz CT molecular complexity index is 802. The predicted molar refractivity (Wildman–Crippen MR) is 98.5 cm³/mol. The average Bonchev–Trinajstić information content (AvgIpc) is 3.16. The fraction of sp³-hybridized carbons (Fsp3) is 0.381. The first-order chi connectivity index (χ1) is 13.2. The van der Waals surface area contributed by atoms with E-state index in [4.69, 9.17) is 9.47 Å². The van der Waals surface area contributed by atoms with E-state index in [0.717, 1.165) is 51.5 Å². The summed E-state index contributed by atoms with van der Waals surface area (Å²) < 4.78 is 23.9. The lowest BCUT2D eigenvalue weighted by atomic mass is 10.1. The highest BCUT2D eigenvalue weighted by atomic mass is 19.1. The number of rotatable bonds is 5. The molecule has 1 N–H and O–H groups in total. The van der Waals surface area contributed by atoms with E-state index in [2.05, 4.69) is 18.2 Å². The molecule has 2 aromatic carbocycles. The second-order valence-corrected chi connectivity index (χ2v) is 7.09. The van der Waals surface area contributed by atoms with Gasteiger partial charge >= 0.3 is 0 Å². The fourth-order valence-electron chi connectivity index (χ4n) is 3.65. The summed E-state index contributed by atoms with van der Waals surface area (Å²) in [6.07, 6.45) is 0.995. The molecule has 0 atom stereocenters. The lowest BCUT2D eigenvalue weighted by Gasteiger charge is -2.32. The maximum Gasteiger partial charge on any atom is 0.260 e. The number of benzene rings is 2. The highest BCUT2D eigenvalue weighted by molar-refractivity contribution is 5.77. The number of fused-ring (bicyclic) bond motifs is 1. The molecule has 6 heteroatoms. The zero-order chi connectivity index (χ0) is 18.6. The smallest absolute Gasteiger partial charge is 0.260 e. The summed E-state index contributed by atoms with van der Waals surface area (Å²) in [6, 6.07) is 12.2. The number of nitrogens with one attached hydrogen (secondary N) is 1. The minimum atomic E-state index is -0.316. The Kier molecular flexibility index (Phi) is 5.25. The molecule has 0 aliphatic carbocycles. The van der Waals surface area contributed by atoms with Gasteiger partial charge in [-0.3, -0.25) is 4.79 Å². The van der Waals surface area contributed by atoms with Crippen molar-refractivity contribution in [2.75, 3.05) is 39.4 Å². The largest absolute Gasteiger partial charge is 0.493 e. The van der Waals surface area contributed by atoms with Crippen molar-refractivity contribution in [3.8, 4) is 11.5 Å². The normalized spacial score (nSPS) is 16.7. The molecule has 0 saturated carbocycles. The highest BCUT2D eigenvalue weighted by Crippen LogP contribution is 2.25. The van der Waals surface area contributed by atoms with Crippen molar-refractivity contribution in [2.24, 2.45) is 0 Å². The highest BCUT2D eigenvalue weighted by Gasteiger charge is 2.24. The van der Waals surface area contributed by atoms with Crippen molar-refractivity contribution in [3.63, 3.8) is 0 Å². The second kappa shape index (κ2) is 7.96. The molecule has 0 unspecified atom stereocenters. The van der Waals surface area contributed by atoms with Gasteiger partial charge in [0.1, 0.15) is 23.9 Å². The Morgan fingerprint density at radius 2 is 1.93 bits per heavy atom. The van der Waals surface area contributed by atoms with Crippen LogP contribution in [-0.4, -0.2) is 50.2 Å². The third-order valence-electron chi connectivity index (χ3n) is 5.21. The van der Waals surface area contributed by atoms with Crippen LogP contribution in [0.25, 0.3) is 0 Å². The number of nitrogens with zero attached hydrogens (tertiary/aromatic N) is 1. The van der Waals surface area contributed by atoms with Gasteiger partial charge < -0.3 is 19.3 Å². The van der Waals surface area contributed by atoms with Crippen LogP contribution >= 0.6 is 0 Å². The zero-order valence-corrected chi connectivity index (χ0v) is 15.2. The SMILES string of the molecule is O=C(COc1ccc(F)cc1)N1CC[NH+](Cc2ccc3c(c2)CCO3)CC1. The first-order valence-corrected chi connectivity index (χ1v) is 9.42. The van der Waals surface area contributed by atoms with Crippen LogP contribution in [0.3, 0.4) is 0 Å². The van der Waals surface area contributed by atoms with Crippen LogP contribution in [0.5, 0.6) is 11.5 Å². The Morgan fingerprint density at radius 3 is 2.70 bits per heavy atom. The topological polar surface area (TPSA) is 43.2 Å². The number of hydrogen-bond donors (Lipinski definition) is 1. The number of amides is 1. The maximum absolute atomic E-state index is 12.9. The summed E-state index contributed by atoms with van der Waals surface area (Å²) >= 11 is 0. The van der Waals surface area contributed by atoms with Gasteiger partial charge in [0.05, 0.1) is 32.8 Å². The van der Waals surface area contributed by atoms with E-state index >= 15 is 0 Å². The van der Waals surface area contributed by atoms with Crippen LogP contribution < -0.4 is 14.4 Å². The third-order valence-corrected chi connectivity index (χ3v) is 5.21. The van der Waals surface area contributed by atoms with Gasteiger partial charge in [-0.15, -0.1) is 0 Å². The number of ether oxygens (including phenoxy) is 2. The Hall–Kier alpha value is -2.60. The van der Waals surface area contributed by atoms with Crippen LogP contribution in [0.15, 0.2) is 42.5 Å². The van der Waals surface area contributed by atoms with Gasteiger partial charge in [0.2, 0.25) is 0 Å². The van der Waals surface area contributed by atoms with E-state index in [9.17, 15) is 9.18 Å². The van der Waals surface area contributed by atoms with Crippen LogP contribution in [-0.2, 0) is 17.8 Å². The van der Waals surface area contributed by atoms with Crippen molar-refractivity contribution in [3.05, 3.63) is 59.4 Å². The molecule has 27 heavy (non-hydrogen) atoms. The molecule has 2 aliphatic heterocycles. The van der Waals surface area contributed by atoms with Crippen molar-refractivity contribution < 1.29 is 23.6 Å². The molecule has 142 valence electrons. The number of piperazine rings is 1. The van der Waals surface area contributed by atoms with Crippen LogP contribution in [0, 0.1) is 5.82 Å². The lowest BCUT2D eigenvalue weighted by molar-refractivity contribution is -0.917. The van der Waals surface area contributed by atoms with Crippen molar-refractivity contribution in [2.45, 2.75) is 13.0 Å². The van der Waals surface area contributed by atoms with E-state index in [1.165, 1.54) is 40.3 Å². The Morgan fingerprint density at radius 1 is 1.15 bits per heavy atom. The summed E-state index contributed by atoms with van der Waals surface area (Å²) in [5.74, 6) is 1.19. The fourth-order valence-corrected chi connectivity index (χ4v) is 3.65. The van der Waals surface area contributed by atoms with E-state index in [1.807, 2.05) is 4.90 Å². The predicted octanol–water partition coefficient (Wildman–Crippen LogP) is 1.07. The maximum atomic E-state index is 12.9. The van der Waals surface area contributed by atoms with E-state index in [0.29, 0.717) is 5.75 Å². The van der Waals surface area contributed by atoms with Crippen LogP contribution in [0.1, 0.15) is 11.1 Å². The minimum Gasteiger partial charge on any atom is -0.493 e. The molecule has 1 fully saturated rings. The van der Waals surface area contributed by atoms with Gasteiger partial charge in [0.15, 0.2) is 6.61 Å². The van der Waals surface area contributed by atoms with Crippen molar-refractivity contribution >= 4 is 5.91 Å². The molecule has 2 aliphatic rings. The first kappa shape index (κ1) is 17.8. The van der Waals surface area contributed by atoms with E-state index in [1.54, 1.807) is 0 Å². The molecule has 0 spiro atoms. The number of carbonyl (C=O) groups is 1.